The molecule has 0 N–H and O–H groups in total. The fourth-order valence-electron chi connectivity index (χ4n) is 3.04. The topological polar surface area (TPSA) is 0 Å². The van der Waals surface area contributed by atoms with Crippen molar-refractivity contribution in [1.29, 1.82) is 0 Å². The molecule has 0 aromatic heterocycles. The smallest absolute Gasteiger partial charge is 0.0443 e. The van der Waals surface area contributed by atoms with Crippen LogP contribution >= 0.6 is 0 Å². The molecule has 0 aliphatic carbocycles. The Labute approximate surface area is 130 Å². The van der Waals surface area contributed by atoms with Gasteiger partial charge in [-0.25, -0.2) is 0 Å². The van der Waals surface area contributed by atoms with Crippen molar-refractivity contribution in [2.45, 2.75) is 124 Å². The van der Waals surface area contributed by atoms with E-state index in [2.05, 4.69) is 20.8 Å². The summed E-state index contributed by atoms with van der Waals surface area (Å²) in [7, 11) is 0. The van der Waals surface area contributed by atoms with Gasteiger partial charge in [0.05, 0.1) is 0 Å². The zero-order valence-corrected chi connectivity index (χ0v) is 14.9. The molecule has 0 rings (SSSR count). The predicted molar refractivity (Wildman–Crippen MR) is 94.4 cm³/mol. The maximum atomic E-state index is 2.46. The lowest BCUT2D eigenvalue weighted by molar-refractivity contribution is 0.433. The fourth-order valence-corrected chi connectivity index (χ4v) is 3.04. The molecule has 1 atom stereocenters. The van der Waals surface area contributed by atoms with E-state index < -0.39 is 0 Å². The Hall–Kier alpha value is 0. The van der Waals surface area contributed by atoms with Crippen molar-refractivity contribution in [3.05, 3.63) is 0 Å². The Kier molecular flexibility index (Phi) is 17.1. The molecular formula is C20H42. The summed E-state index contributed by atoms with van der Waals surface area (Å²) >= 11 is 0. The van der Waals surface area contributed by atoms with Crippen molar-refractivity contribution < 1.29 is 0 Å². The van der Waals surface area contributed by atoms with Crippen LogP contribution in [0, 0.1) is 5.92 Å². The minimum absolute atomic E-state index is 0.973. The minimum atomic E-state index is 0.973. The van der Waals surface area contributed by atoms with E-state index >= 15 is 0 Å². The standard InChI is InChI=1S/C20H42/c1-4-6-8-10-11-12-13-14-15-17-19-20(3)18-16-9-7-5-2/h20H,4-19H2,1-3H3. The van der Waals surface area contributed by atoms with E-state index in [1.54, 1.807) is 0 Å². The lowest BCUT2D eigenvalue weighted by Crippen LogP contribution is -1.95. The quantitative estimate of drug-likeness (QED) is 0.252. The second-order valence-corrected chi connectivity index (χ2v) is 6.93. The van der Waals surface area contributed by atoms with Crippen LogP contribution < -0.4 is 0 Å². The molecule has 0 aromatic carbocycles. The van der Waals surface area contributed by atoms with Gasteiger partial charge in [-0.05, 0) is 5.92 Å². The monoisotopic (exact) mass is 282 g/mol. The molecule has 0 radical (unpaired) electrons. The van der Waals surface area contributed by atoms with Gasteiger partial charge >= 0.3 is 0 Å². The van der Waals surface area contributed by atoms with E-state index in [1.165, 1.54) is 103 Å². The first kappa shape index (κ1) is 20.0. The summed E-state index contributed by atoms with van der Waals surface area (Å²) in [6.45, 7) is 7.05. The second-order valence-electron chi connectivity index (χ2n) is 6.93. The second kappa shape index (κ2) is 17.1. The Bertz CT molecular complexity index is 161. The normalized spacial score (nSPS) is 12.8. The van der Waals surface area contributed by atoms with Crippen LogP contribution in [-0.2, 0) is 0 Å². The number of hydrogen-bond donors (Lipinski definition) is 0. The molecule has 0 spiro atoms. The van der Waals surface area contributed by atoms with Gasteiger partial charge in [-0.2, -0.15) is 0 Å². The minimum Gasteiger partial charge on any atom is -0.0654 e. The molecule has 0 nitrogen and oxygen atoms in total. The van der Waals surface area contributed by atoms with Gasteiger partial charge in [0.1, 0.15) is 0 Å². The Balaban J connectivity index is 3.07. The highest BCUT2D eigenvalue weighted by Gasteiger charge is 2.01. The van der Waals surface area contributed by atoms with Gasteiger partial charge < -0.3 is 0 Å². The summed E-state index contributed by atoms with van der Waals surface area (Å²) in [6, 6.07) is 0. The molecule has 122 valence electrons. The molecule has 0 saturated carbocycles. The SMILES string of the molecule is CCCCCCCCCCCCC(C)CCCCCC. The van der Waals surface area contributed by atoms with Crippen LogP contribution in [0.15, 0.2) is 0 Å². The highest BCUT2D eigenvalue weighted by atomic mass is 14.1. The Morgan fingerprint density at radius 3 is 1.15 bits per heavy atom. The van der Waals surface area contributed by atoms with Crippen molar-refractivity contribution in [2.24, 2.45) is 5.92 Å². The molecule has 0 aromatic rings. The first-order valence-electron chi connectivity index (χ1n) is 9.81. The molecule has 0 heterocycles. The molecular weight excluding hydrogens is 240 g/mol. The van der Waals surface area contributed by atoms with E-state index in [4.69, 9.17) is 0 Å². The zero-order chi connectivity index (χ0) is 14.9. The van der Waals surface area contributed by atoms with Crippen molar-refractivity contribution in [3.8, 4) is 0 Å². The van der Waals surface area contributed by atoms with Crippen molar-refractivity contribution >= 4 is 0 Å². The fraction of sp³-hybridized carbons (Fsp3) is 1.00. The third-order valence-electron chi connectivity index (χ3n) is 4.60. The van der Waals surface area contributed by atoms with Crippen LogP contribution in [0.2, 0.25) is 0 Å². The maximum Gasteiger partial charge on any atom is -0.0443 e. The zero-order valence-electron chi connectivity index (χ0n) is 14.9. The molecule has 0 amide bonds. The van der Waals surface area contributed by atoms with E-state index in [-0.39, 0.29) is 0 Å². The van der Waals surface area contributed by atoms with E-state index in [0.29, 0.717) is 0 Å². The third kappa shape index (κ3) is 16.1. The highest BCUT2D eigenvalue weighted by Crippen LogP contribution is 2.18. The van der Waals surface area contributed by atoms with Crippen LogP contribution in [0.4, 0.5) is 0 Å². The van der Waals surface area contributed by atoms with Gasteiger partial charge in [0.2, 0.25) is 0 Å². The number of rotatable bonds is 16. The van der Waals surface area contributed by atoms with Crippen LogP contribution in [-0.4, -0.2) is 0 Å². The van der Waals surface area contributed by atoms with Crippen LogP contribution in [0.1, 0.15) is 124 Å². The summed E-state index contributed by atoms with van der Waals surface area (Å²) < 4.78 is 0. The Morgan fingerprint density at radius 2 is 0.750 bits per heavy atom. The van der Waals surface area contributed by atoms with Crippen molar-refractivity contribution in [3.63, 3.8) is 0 Å². The van der Waals surface area contributed by atoms with E-state index in [0.717, 1.165) is 5.92 Å². The van der Waals surface area contributed by atoms with Gasteiger partial charge in [0.15, 0.2) is 0 Å². The van der Waals surface area contributed by atoms with Gasteiger partial charge in [0.25, 0.3) is 0 Å². The van der Waals surface area contributed by atoms with Crippen LogP contribution in [0.3, 0.4) is 0 Å². The lowest BCUT2D eigenvalue weighted by Gasteiger charge is -2.10. The predicted octanol–water partition coefficient (Wildman–Crippen LogP) is 7.90. The maximum absolute atomic E-state index is 2.46. The number of unbranched alkanes of at least 4 members (excludes halogenated alkanes) is 12. The van der Waals surface area contributed by atoms with Crippen molar-refractivity contribution in [1.82, 2.24) is 0 Å². The summed E-state index contributed by atoms with van der Waals surface area (Å²) in [5.41, 5.74) is 0. The van der Waals surface area contributed by atoms with Gasteiger partial charge in [0, 0.05) is 0 Å². The summed E-state index contributed by atoms with van der Waals surface area (Å²) in [6.07, 6.45) is 23.3. The van der Waals surface area contributed by atoms with Crippen molar-refractivity contribution in [2.75, 3.05) is 0 Å². The molecule has 0 bridgehead atoms. The molecule has 1 unspecified atom stereocenters. The summed E-state index contributed by atoms with van der Waals surface area (Å²) in [5.74, 6) is 0.973. The Morgan fingerprint density at radius 1 is 0.450 bits per heavy atom. The highest BCUT2D eigenvalue weighted by molar-refractivity contribution is 4.55. The average molecular weight is 283 g/mol. The lowest BCUT2D eigenvalue weighted by atomic mass is 9.96. The molecule has 0 aliphatic heterocycles. The molecule has 0 aliphatic rings. The van der Waals surface area contributed by atoms with E-state index in [9.17, 15) is 0 Å². The van der Waals surface area contributed by atoms with E-state index in [1.807, 2.05) is 0 Å². The van der Waals surface area contributed by atoms with Crippen LogP contribution in [0.5, 0.6) is 0 Å². The first-order valence-corrected chi connectivity index (χ1v) is 9.81. The molecule has 0 saturated heterocycles. The third-order valence-corrected chi connectivity index (χ3v) is 4.60. The van der Waals surface area contributed by atoms with Gasteiger partial charge in [-0.1, -0.05) is 124 Å². The average Bonchev–Trinajstić information content (AvgIpc) is 2.45. The number of hydrogen-bond acceptors (Lipinski definition) is 0. The molecule has 0 heteroatoms. The van der Waals surface area contributed by atoms with Gasteiger partial charge in [-0.3, -0.25) is 0 Å². The summed E-state index contributed by atoms with van der Waals surface area (Å²) in [5, 5.41) is 0. The largest absolute Gasteiger partial charge is 0.0654 e. The van der Waals surface area contributed by atoms with Crippen LogP contribution in [0.25, 0.3) is 0 Å². The van der Waals surface area contributed by atoms with Gasteiger partial charge in [-0.15, -0.1) is 0 Å². The molecule has 20 heavy (non-hydrogen) atoms. The first-order chi connectivity index (χ1) is 9.81. The summed E-state index contributed by atoms with van der Waals surface area (Å²) in [4.78, 5) is 0. The molecule has 0 fully saturated rings.